The van der Waals surface area contributed by atoms with E-state index in [1.165, 1.54) is 16.7 Å². The predicted octanol–water partition coefficient (Wildman–Crippen LogP) is 3.18. The maximum absolute atomic E-state index is 5.34. The third-order valence-electron chi connectivity index (χ3n) is 3.46. The zero-order valence-electron chi connectivity index (χ0n) is 14.5. The van der Waals surface area contributed by atoms with Gasteiger partial charge in [0.25, 0.3) is 0 Å². The van der Waals surface area contributed by atoms with Crippen molar-refractivity contribution >= 4 is 5.96 Å². The summed E-state index contributed by atoms with van der Waals surface area (Å²) in [6, 6.07) is 6.52. The van der Waals surface area contributed by atoms with Gasteiger partial charge in [-0.15, -0.1) is 0 Å². The Hall–Kier alpha value is -1.55. The number of rotatable bonds is 9. The Kier molecular flexibility index (Phi) is 9.31. The molecule has 0 bridgehead atoms. The predicted molar refractivity (Wildman–Crippen MR) is 94.5 cm³/mol. The van der Waals surface area contributed by atoms with Gasteiger partial charge in [-0.2, -0.15) is 0 Å². The maximum atomic E-state index is 5.34. The fraction of sp³-hybridized carbons (Fsp3) is 0.611. The summed E-state index contributed by atoms with van der Waals surface area (Å²) in [7, 11) is 0. The zero-order chi connectivity index (χ0) is 16.2. The molecule has 1 aromatic rings. The molecule has 0 saturated carbocycles. The lowest BCUT2D eigenvalue weighted by molar-refractivity contribution is 0.143. The topological polar surface area (TPSA) is 45.7 Å². The fourth-order valence-corrected chi connectivity index (χ4v) is 2.21. The van der Waals surface area contributed by atoms with E-state index in [2.05, 4.69) is 54.6 Å². The first-order valence-electron chi connectivity index (χ1n) is 8.33. The Morgan fingerprint density at radius 3 is 2.64 bits per heavy atom. The summed E-state index contributed by atoms with van der Waals surface area (Å²) in [6.45, 7) is 12.5. The number of hydrogen-bond donors (Lipinski definition) is 2. The van der Waals surface area contributed by atoms with Crippen LogP contribution in [0.4, 0.5) is 0 Å². The molecule has 0 heterocycles. The molecule has 0 amide bonds. The summed E-state index contributed by atoms with van der Waals surface area (Å²) < 4.78 is 5.34. The van der Waals surface area contributed by atoms with Crippen LogP contribution < -0.4 is 10.6 Å². The highest BCUT2D eigenvalue weighted by Gasteiger charge is 2.00. The van der Waals surface area contributed by atoms with Gasteiger partial charge >= 0.3 is 0 Å². The molecule has 2 N–H and O–H groups in total. The smallest absolute Gasteiger partial charge is 0.191 e. The number of aliphatic imine (C=N–C) groups is 1. The minimum absolute atomic E-state index is 0.709. The highest BCUT2D eigenvalue weighted by atomic mass is 16.5. The van der Waals surface area contributed by atoms with Crippen molar-refractivity contribution in [3.8, 4) is 0 Å². The second-order valence-electron chi connectivity index (χ2n) is 5.46. The first kappa shape index (κ1) is 18.5. The second kappa shape index (κ2) is 11.1. The molecule has 0 aliphatic heterocycles. The quantitative estimate of drug-likeness (QED) is 0.418. The number of aryl methyl sites for hydroxylation is 2. The van der Waals surface area contributed by atoms with E-state index in [9.17, 15) is 0 Å². The summed E-state index contributed by atoms with van der Waals surface area (Å²) >= 11 is 0. The zero-order valence-corrected chi connectivity index (χ0v) is 14.5. The normalized spacial score (nSPS) is 11.5. The van der Waals surface area contributed by atoms with Crippen molar-refractivity contribution in [1.82, 2.24) is 10.6 Å². The van der Waals surface area contributed by atoms with Gasteiger partial charge in [0.15, 0.2) is 5.96 Å². The Morgan fingerprint density at radius 1 is 1.14 bits per heavy atom. The average Bonchev–Trinajstić information content (AvgIpc) is 2.49. The molecule has 1 aromatic carbocycles. The van der Waals surface area contributed by atoms with E-state index in [4.69, 9.17) is 4.74 Å². The van der Waals surface area contributed by atoms with E-state index in [-0.39, 0.29) is 0 Å². The van der Waals surface area contributed by atoms with E-state index < -0.39 is 0 Å². The molecule has 0 fully saturated rings. The molecule has 0 spiro atoms. The van der Waals surface area contributed by atoms with Gasteiger partial charge in [-0.25, -0.2) is 4.99 Å². The van der Waals surface area contributed by atoms with Crippen LogP contribution in [0.3, 0.4) is 0 Å². The molecule has 1 rings (SSSR count). The van der Waals surface area contributed by atoms with Gasteiger partial charge in [-0.1, -0.05) is 23.8 Å². The highest BCUT2D eigenvalue weighted by molar-refractivity contribution is 5.79. The van der Waals surface area contributed by atoms with Crippen molar-refractivity contribution in [2.45, 2.75) is 47.1 Å². The summed E-state index contributed by atoms with van der Waals surface area (Å²) in [4.78, 5) is 4.67. The lowest BCUT2D eigenvalue weighted by Crippen LogP contribution is -2.37. The molecule has 0 aliphatic rings. The largest absolute Gasteiger partial charge is 0.382 e. The van der Waals surface area contributed by atoms with Crippen LogP contribution in [-0.2, 0) is 11.3 Å². The number of unbranched alkanes of at least 4 members (excludes halogenated alkanes) is 1. The van der Waals surface area contributed by atoms with Crippen molar-refractivity contribution in [1.29, 1.82) is 0 Å². The van der Waals surface area contributed by atoms with E-state index >= 15 is 0 Å². The van der Waals surface area contributed by atoms with Gasteiger partial charge in [0.05, 0.1) is 6.54 Å². The number of guanidine groups is 1. The molecule has 4 nitrogen and oxygen atoms in total. The molecule has 4 heteroatoms. The van der Waals surface area contributed by atoms with Crippen LogP contribution in [0, 0.1) is 13.8 Å². The molecule has 0 aromatic heterocycles. The van der Waals surface area contributed by atoms with Gasteiger partial charge in [0.1, 0.15) is 0 Å². The van der Waals surface area contributed by atoms with Crippen molar-refractivity contribution in [3.05, 3.63) is 34.9 Å². The number of hydrogen-bond acceptors (Lipinski definition) is 2. The maximum Gasteiger partial charge on any atom is 0.191 e. The Morgan fingerprint density at radius 2 is 1.95 bits per heavy atom. The van der Waals surface area contributed by atoms with E-state index in [1.807, 2.05) is 6.92 Å². The van der Waals surface area contributed by atoms with Crippen LogP contribution in [0.1, 0.15) is 43.4 Å². The minimum Gasteiger partial charge on any atom is -0.382 e. The molecular weight excluding hydrogens is 274 g/mol. The minimum atomic E-state index is 0.709. The molecule has 22 heavy (non-hydrogen) atoms. The summed E-state index contributed by atoms with van der Waals surface area (Å²) in [5.74, 6) is 0.888. The first-order chi connectivity index (χ1) is 10.7. The molecule has 0 unspecified atom stereocenters. The van der Waals surface area contributed by atoms with Gasteiger partial charge in [-0.3, -0.25) is 0 Å². The third kappa shape index (κ3) is 7.46. The molecule has 0 radical (unpaired) electrons. The molecule has 0 saturated heterocycles. The monoisotopic (exact) mass is 305 g/mol. The Bertz CT molecular complexity index is 458. The van der Waals surface area contributed by atoms with Gasteiger partial charge in [-0.05, 0) is 51.7 Å². The van der Waals surface area contributed by atoms with Crippen molar-refractivity contribution in [2.75, 3.05) is 26.3 Å². The first-order valence-corrected chi connectivity index (χ1v) is 8.33. The number of nitrogens with one attached hydrogen (secondary N) is 2. The van der Waals surface area contributed by atoms with Gasteiger partial charge in [0.2, 0.25) is 0 Å². The van der Waals surface area contributed by atoms with E-state index in [1.54, 1.807) is 0 Å². The SMILES string of the molecule is CCNC(=NCc1ccc(C)cc1C)NCCCCOCC. The van der Waals surface area contributed by atoms with Crippen LogP contribution in [0.25, 0.3) is 0 Å². The molecule has 0 aliphatic carbocycles. The Balaban J connectivity index is 2.44. The summed E-state index contributed by atoms with van der Waals surface area (Å²) in [6.07, 6.45) is 2.17. The number of benzene rings is 1. The lowest BCUT2D eigenvalue weighted by atomic mass is 10.1. The van der Waals surface area contributed by atoms with E-state index in [0.717, 1.165) is 45.1 Å². The van der Waals surface area contributed by atoms with Crippen LogP contribution >= 0.6 is 0 Å². The number of nitrogens with zero attached hydrogens (tertiary/aromatic N) is 1. The van der Waals surface area contributed by atoms with Crippen LogP contribution in [-0.4, -0.2) is 32.3 Å². The average molecular weight is 305 g/mol. The molecule has 124 valence electrons. The van der Waals surface area contributed by atoms with Crippen LogP contribution in [0.2, 0.25) is 0 Å². The fourth-order valence-electron chi connectivity index (χ4n) is 2.21. The summed E-state index contributed by atoms with van der Waals surface area (Å²) in [5.41, 5.74) is 3.88. The van der Waals surface area contributed by atoms with Crippen LogP contribution in [0.15, 0.2) is 23.2 Å². The second-order valence-corrected chi connectivity index (χ2v) is 5.46. The third-order valence-corrected chi connectivity index (χ3v) is 3.46. The highest BCUT2D eigenvalue weighted by Crippen LogP contribution is 2.11. The molecular formula is C18H31N3O. The van der Waals surface area contributed by atoms with Gasteiger partial charge in [0, 0.05) is 26.3 Å². The van der Waals surface area contributed by atoms with Crippen molar-refractivity contribution in [2.24, 2.45) is 4.99 Å². The molecule has 0 atom stereocenters. The Labute approximate surface area is 135 Å². The van der Waals surface area contributed by atoms with Crippen molar-refractivity contribution in [3.63, 3.8) is 0 Å². The van der Waals surface area contributed by atoms with Crippen LogP contribution in [0.5, 0.6) is 0 Å². The van der Waals surface area contributed by atoms with E-state index in [0.29, 0.717) is 6.54 Å². The summed E-state index contributed by atoms with van der Waals surface area (Å²) in [5, 5.41) is 6.68. The van der Waals surface area contributed by atoms with Gasteiger partial charge < -0.3 is 15.4 Å². The lowest BCUT2D eigenvalue weighted by Gasteiger charge is -2.12. The number of ether oxygens (including phenoxy) is 1. The van der Waals surface area contributed by atoms with Crippen molar-refractivity contribution < 1.29 is 4.74 Å². The standard InChI is InChI=1S/C18H31N3O/c1-5-19-18(20-11-7-8-12-22-6-2)21-14-17-10-9-15(3)13-16(17)4/h9-10,13H,5-8,11-12,14H2,1-4H3,(H2,19,20,21).